The van der Waals surface area contributed by atoms with Gasteiger partial charge in [-0.2, -0.15) is 5.10 Å². The molecule has 2 aromatic heterocycles. The molecule has 0 unspecified atom stereocenters. The lowest BCUT2D eigenvalue weighted by molar-refractivity contribution is -0.383. The Morgan fingerprint density at radius 1 is 1.16 bits per heavy atom. The highest BCUT2D eigenvalue weighted by Crippen LogP contribution is 2.30. The first-order chi connectivity index (χ1) is 14.8. The van der Waals surface area contributed by atoms with Gasteiger partial charge in [0.2, 0.25) is 5.91 Å². The molecule has 156 valence electrons. The zero-order chi connectivity index (χ0) is 22.1. The monoisotopic (exact) mass is 435 g/mol. The zero-order valence-corrected chi connectivity index (χ0v) is 17.6. The van der Waals surface area contributed by atoms with E-state index in [9.17, 15) is 14.9 Å². The molecule has 0 bridgehead atoms. The maximum Gasteiger partial charge on any atom is 0.294 e. The highest BCUT2D eigenvalue weighted by molar-refractivity contribution is 6.31. The molecule has 8 nitrogen and oxygen atoms in total. The molecule has 1 N–H and O–H groups in total. The first kappa shape index (κ1) is 20.5. The van der Waals surface area contributed by atoms with Gasteiger partial charge in [0.25, 0.3) is 5.69 Å². The van der Waals surface area contributed by atoms with Crippen molar-refractivity contribution in [3.05, 3.63) is 81.1 Å². The van der Waals surface area contributed by atoms with Gasteiger partial charge in [0.15, 0.2) is 5.65 Å². The van der Waals surface area contributed by atoms with Crippen LogP contribution in [0.2, 0.25) is 5.02 Å². The van der Waals surface area contributed by atoms with Gasteiger partial charge in [-0.1, -0.05) is 41.4 Å². The lowest BCUT2D eigenvalue weighted by Gasteiger charge is -2.08. The number of amides is 1. The minimum absolute atomic E-state index is 0.0703. The lowest BCUT2D eigenvalue weighted by atomic mass is 10.0. The Hall–Kier alpha value is -3.78. The molecule has 31 heavy (non-hydrogen) atoms. The highest BCUT2D eigenvalue weighted by Gasteiger charge is 2.19. The smallest absolute Gasteiger partial charge is 0.294 e. The summed E-state index contributed by atoms with van der Waals surface area (Å²) in [6.07, 6.45) is 1.68. The fourth-order valence-electron chi connectivity index (χ4n) is 3.45. The van der Waals surface area contributed by atoms with Crippen LogP contribution in [-0.2, 0) is 11.3 Å². The van der Waals surface area contributed by atoms with Crippen molar-refractivity contribution in [2.75, 3.05) is 5.32 Å². The Balaban J connectivity index is 1.66. The first-order valence-corrected chi connectivity index (χ1v) is 9.84. The standard InChI is InChI=1S/C22H18ClN5O3/c1-13-3-5-15(6-4-13)17-9-10-24-22-21(17)14(2)26-27(22)12-20(29)25-18-8-7-16(23)11-19(18)28(30)31/h3-11H,12H2,1-2H3,(H,25,29). The third-order valence-electron chi connectivity index (χ3n) is 4.89. The fourth-order valence-corrected chi connectivity index (χ4v) is 3.62. The number of anilines is 1. The van der Waals surface area contributed by atoms with Crippen LogP contribution in [0.4, 0.5) is 11.4 Å². The van der Waals surface area contributed by atoms with Crippen molar-refractivity contribution in [1.29, 1.82) is 0 Å². The van der Waals surface area contributed by atoms with Crippen LogP contribution in [0, 0.1) is 24.0 Å². The number of carbonyl (C=O) groups excluding carboxylic acids is 1. The largest absolute Gasteiger partial charge is 0.319 e. The average Bonchev–Trinajstić information content (AvgIpc) is 3.05. The van der Waals surface area contributed by atoms with Gasteiger partial charge in [-0.05, 0) is 43.2 Å². The summed E-state index contributed by atoms with van der Waals surface area (Å²) >= 11 is 5.83. The molecule has 4 aromatic rings. The molecule has 4 rings (SSSR count). The average molecular weight is 436 g/mol. The van der Waals surface area contributed by atoms with Crippen LogP contribution in [0.15, 0.2) is 54.7 Å². The van der Waals surface area contributed by atoms with E-state index in [0.717, 1.165) is 27.8 Å². The second kappa shape index (κ2) is 8.16. The number of rotatable bonds is 5. The van der Waals surface area contributed by atoms with Crippen LogP contribution >= 0.6 is 11.6 Å². The van der Waals surface area contributed by atoms with Crippen molar-refractivity contribution in [3.63, 3.8) is 0 Å². The number of nitrogens with one attached hydrogen (secondary N) is 1. The highest BCUT2D eigenvalue weighted by atomic mass is 35.5. The first-order valence-electron chi connectivity index (χ1n) is 9.46. The molecule has 9 heteroatoms. The summed E-state index contributed by atoms with van der Waals surface area (Å²) in [5.41, 5.74) is 4.27. The van der Waals surface area contributed by atoms with Crippen LogP contribution in [0.1, 0.15) is 11.3 Å². The minimum atomic E-state index is -0.593. The van der Waals surface area contributed by atoms with Crippen molar-refractivity contribution in [2.45, 2.75) is 20.4 Å². The van der Waals surface area contributed by atoms with E-state index in [1.54, 1.807) is 6.20 Å². The van der Waals surface area contributed by atoms with Crippen molar-refractivity contribution in [3.8, 4) is 11.1 Å². The zero-order valence-electron chi connectivity index (χ0n) is 16.8. The number of carbonyl (C=O) groups is 1. The quantitative estimate of drug-likeness (QED) is 0.354. The number of benzene rings is 2. The maximum atomic E-state index is 12.6. The van der Waals surface area contributed by atoms with Crippen LogP contribution in [-0.4, -0.2) is 25.6 Å². The third kappa shape index (κ3) is 4.10. The van der Waals surface area contributed by atoms with E-state index >= 15 is 0 Å². The van der Waals surface area contributed by atoms with E-state index in [1.165, 1.54) is 22.9 Å². The second-order valence-corrected chi connectivity index (χ2v) is 7.57. The van der Waals surface area contributed by atoms with Gasteiger partial charge < -0.3 is 5.32 Å². The van der Waals surface area contributed by atoms with E-state index in [-0.39, 0.29) is 22.9 Å². The van der Waals surface area contributed by atoms with Gasteiger partial charge >= 0.3 is 0 Å². The SMILES string of the molecule is Cc1ccc(-c2ccnc3c2c(C)nn3CC(=O)Nc2ccc(Cl)cc2[N+](=O)[O-])cc1. The van der Waals surface area contributed by atoms with Crippen LogP contribution in [0.25, 0.3) is 22.2 Å². The number of nitro groups is 1. The summed E-state index contributed by atoms with van der Waals surface area (Å²) in [6.45, 7) is 3.74. The summed E-state index contributed by atoms with van der Waals surface area (Å²) in [4.78, 5) is 27.7. The van der Waals surface area contributed by atoms with Gasteiger partial charge in [-0.15, -0.1) is 0 Å². The van der Waals surface area contributed by atoms with Crippen LogP contribution < -0.4 is 5.32 Å². The van der Waals surface area contributed by atoms with E-state index in [4.69, 9.17) is 11.6 Å². The molecule has 0 saturated carbocycles. The Morgan fingerprint density at radius 2 is 1.90 bits per heavy atom. The number of fused-ring (bicyclic) bond motifs is 1. The van der Waals surface area contributed by atoms with E-state index in [0.29, 0.717) is 5.65 Å². The topological polar surface area (TPSA) is 103 Å². The summed E-state index contributed by atoms with van der Waals surface area (Å²) in [6, 6.07) is 14.1. The number of aromatic nitrogens is 3. The van der Waals surface area contributed by atoms with Crippen molar-refractivity contribution in [1.82, 2.24) is 14.8 Å². The number of halogens is 1. The Bertz CT molecular complexity index is 1310. The summed E-state index contributed by atoms with van der Waals surface area (Å²) in [5, 5.41) is 19.4. The summed E-state index contributed by atoms with van der Waals surface area (Å²) < 4.78 is 1.50. The molecule has 0 radical (unpaired) electrons. The molecule has 2 aromatic carbocycles. The van der Waals surface area contributed by atoms with Crippen molar-refractivity contribution in [2.24, 2.45) is 0 Å². The number of hydrogen-bond donors (Lipinski definition) is 1. The Morgan fingerprint density at radius 3 is 2.61 bits per heavy atom. The lowest BCUT2D eigenvalue weighted by Crippen LogP contribution is -2.20. The minimum Gasteiger partial charge on any atom is -0.319 e. The number of aryl methyl sites for hydroxylation is 2. The Kier molecular flexibility index (Phi) is 5.39. The molecule has 0 aliphatic heterocycles. The van der Waals surface area contributed by atoms with Gasteiger partial charge in [-0.25, -0.2) is 9.67 Å². The van der Waals surface area contributed by atoms with Gasteiger partial charge in [-0.3, -0.25) is 14.9 Å². The predicted octanol–water partition coefficient (Wildman–Crippen LogP) is 4.92. The molecular formula is C22H18ClN5O3. The molecule has 0 atom stereocenters. The molecule has 0 saturated heterocycles. The predicted molar refractivity (Wildman–Crippen MR) is 119 cm³/mol. The fraction of sp³-hybridized carbons (Fsp3) is 0.136. The molecule has 2 heterocycles. The number of nitrogens with zero attached hydrogens (tertiary/aromatic N) is 4. The molecule has 0 fully saturated rings. The molecular weight excluding hydrogens is 418 g/mol. The maximum absolute atomic E-state index is 12.6. The normalized spacial score (nSPS) is 10.9. The second-order valence-electron chi connectivity index (χ2n) is 7.13. The van der Waals surface area contributed by atoms with Crippen LogP contribution in [0.5, 0.6) is 0 Å². The van der Waals surface area contributed by atoms with E-state index in [2.05, 4.69) is 15.4 Å². The molecule has 0 spiro atoms. The third-order valence-corrected chi connectivity index (χ3v) is 5.13. The summed E-state index contributed by atoms with van der Waals surface area (Å²) in [7, 11) is 0. The number of hydrogen-bond acceptors (Lipinski definition) is 5. The van der Waals surface area contributed by atoms with Gasteiger partial charge in [0.1, 0.15) is 12.2 Å². The van der Waals surface area contributed by atoms with Gasteiger partial charge in [0.05, 0.1) is 10.6 Å². The Labute approximate surface area is 182 Å². The summed E-state index contributed by atoms with van der Waals surface area (Å²) in [5.74, 6) is -0.461. The molecule has 1 amide bonds. The van der Waals surface area contributed by atoms with E-state index < -0.39 is 10.8 Å². The van der Waals surface area contributed by atoms with Crippen molar-refractivity contribution < 1.29 is 9.72 Å². The van der Waals surface area contributed by atoms with Crippen LogP contribution in [0.3, 0.4) is 0 Å². The molecule has 0 aliphatic carbocycles. The van der Waals surface area contributed by atoms with Crippen molar-refractivity contribution >= 4 is 39.9 Å². The van der Waals surface area contributed by atoms with E-state index in [1.807, 2.05) is 44.2 Å². The molecule has 0 aliphatic rings. The van der Waals surface area contributed by atoms with Gasteiger partial charge in [0, 0.05) is 22.7 Å². The number of nitro benzene ring substituents is 1. The number of pyridine rings is 1.